The number of aryl methyl sites for hydroxylation is 1. The minimum absolute atomic E-state index is 0.103. The average Bonchev–Trinajstić information content (AvgIpc) is 2.88. The quantitative estimate of drug-likeness (QED) is 0.805. The van der Waals surface area contributed by atoms with E-state index in [-0.39, 0.29) is 34.7 Å². The van der Waals surface area contributed by atoms with Crippen LogP contribution in [0.3, 0.4) is 0 Å². The summed E-state index contributed by atoms with van der Waals surface area (Å²) in [6.07, 6.45) is 3.40. The molecule has 4 nitrogen and oxygen atoms in total. The number of halogens is 1. The molecule has 1 aliphatic heterocycles. The summed E-state index contributed by atoms with van der Waals surface area (Å²) in [6, 6.07) is 4.12. The van der Waals surface area contributed by atoms with Gasteiger partial charge in [0.1, 0.15) is 11.6 Å². The summed E-state index contributed by atoms with van der Waals surface area (Å²) in [6.45, 7) is 5.99. The Morgan fingerprint density at radius 2 is 2.00 bits per heavy atom. The van der Waals surface area contributed by atoms with Crippen LogP contribution in [0.2, 0.25) is 0 Å². The number of rotatable bonds is 3. The third kappa shape index (κ3) is 2.30. The Morgan fingerprint density at radius 3 is 2.62 bits per heavy atom. The maximum absolute atomic E-state index is 13.6. The van der Waals surface area contributed by atoms with Gasteiger partial charge >= 0.3 is 0 Å². The number of benzene rings is 1. The zero-order valence-corrected chi connectivity index (χ0v) is 16.4. The molecule has 142 valence electrons. The van der Waals surface area contributed by atoms with Gasteiger partial charge in [0.15, 0.2) is 0 Å². The summed E-state index contributed by atoms with van der Waals surface area (Å²) >= 11 is 0. The van der Waals surface area contributed by atoms with Gasteiger partial charge in [0.25, 0.3) is 0 Å². The maximum Gasteiger partial charge on any atom is 0.236 e. The Bertz CT molecular complexity index is 879. The molecule has 0 radical (unpaired) electrons. The van der Waals surface area contributed by atoms with E-state index < -0.39 is 15.4 Å². The van der Waals surface area contributed by atoms with Crippen molar-refractivity contribution in [2.45, 2.75) is 58.9 Å². The van der Waals surface area contributed by atoms with Gasteiger partial charge in [-0.25, -0.2) is 12.8 Å². The van der Waals surface area contributed by atoms with Crippen LogP contribution in [0.1, 0.15) is 52.0 Å². The molecule has 1 heterocycles. The maximum atomic E-state index is 13.6. The first-order valence-electron chi connectivity index (χ1n) is 9.42. The second-order valence-corrected chi connectivity index (χ2v) is 10.7. The van der Waals surface area contributed by atoms with Crippen LogP contribution in [0, 0.1) is 22.6 Å². The number of Topliss-reactive ketones (excluding diaryl/α,β-unsaturated/α-hetero) is 1. The summed E-state index contributed by atoms with van der Waals surface area (Å²) in [5.41, 5.74) is 0.222. The van der Waals surface area contributed by atoms with Crippen molar-refractivity contribution in [3.05, 3.63) is 29.6 Å². The van der Waals surface area contributed by atoms with E-state index >= 15 is 0 Å². The normalized spacial score (nSPS) is 32.8. The number of sulfonamides is 1. The summed E-state index contributed by atoms with van der Waals surface area (Å²) in [4.78, 5) is 12.8. The Hall–Kier alpha value is -1.43. The third-order valence-corrected chi connectivity index (χ3v) is 9.39. The Morgan fingerprint density at radius 1 is 1.27 bits per heavy atom. The van der Waals surface area contributed by atoms with E-state index in [9.17, 15) is 17.6 Å². The molecule has 2 fully saturated rings. The number of nitrogens with zero attached hydrogens (tertiary/aromatic N) is 1. The van der Waals surface area contributed by atoms with Crippen molar-refractivity contribution >= 4 is 21.5 Å². The van der Waals surface area contributed by atoms with Gasteiger partial charge in [-0.05, 0) is 67.7 Å². The molecule has 0 amide bonds. The molecular formula is C20H26FNO3S. The molecule has 3 aliphatic rings. The molecule has 3 atom stereocenters. The van der Waals surface area contributed by atoms with E-state index in [0.717, 1.165) is 12.0 Å². The number of carbonyl (C=O) groups excluding carboxylic acids is 1. The molecule has 0 spiro atoms. The van der Waals surface area contributed by atoms with E-state index in [1.165, 1.54) is 16.4 Å². The van der Waals surface area contributed by atoms with Crippen molar-refractivity contribution in [2.75, 3.05) is 10.1 Å². The molecule has 2 saturated carbocycles. The monoisotopic (exact) mass is 379 g/mol. The van der Waals surface area contributed by atoms with E-state index in [4.69, 9.17) is 0 Å². The van der Waals surface area contributed by atoms with Gasteiger partial charge in [-0.1, -0.05) is 13.8 Å². The molecule has 26 heavy (non-hydrogen) atoms. The highest BCUT2D eigenvalue weighted by atomic mass is 32.2. The number of hydrogen-bond donors (Lipinski definition) is 0. The Balaban J connectivity index is 1.75. The molecule has 1 aromatic carbocycles. The lowest BCUT2D eigenvalue weighted by Crippen LogP contribution is -2.50. The molecule has 0 N–H and O–H groups in total. The van der Waals surface area contributed by atoms with Gasteiger partial charge in [-0.3, -0.25) is 9.10 Å². The van der Waals surface area contributed by atoms with Gasteiger partial charge in [0.05, 0.1) is 16.9 Å². The smallest absolute Gasteiger partial charge is 0.236 e. The molecule has 0 unspecified atom stereocenters. The summed E-state index contributed by atoms with van der Waals surface area (Å²) in [5, 5.41) is 0. The fourth-order valence-corrected chi connectivity index (χ4v) is 8.17. The second kappa shape index (κ2) is 5.54. The highest BCUT2D eigenvalue weighted by molar-refractivity contribution is 7.92. The van der Waals surface area contributed by atoms with Gasteiger partial charge in [-0.2, -0.15) is 0 Å². The molecule has 0 aromatic heterocycles. The first kappa shape index (κ1) is 18.0. The predicted octanol–water partition coefficient (Wildman–Crippen LogP) is 3.69. The lowest BCUT2D eigenvalue weighted by atomic mass is 9.70. The van der Waals surface area contributed by atoms with Crippen LogP contribution in [0.4, 0.5) is 10.1 Å². The van der Waals surface area contributed by atoms with Gasteiger partial charge < -0.3 is 0 Å². The molecule has 0 saturated heterocycles. The van der Waals surface area contributed by atoms with Crippen LogP contribution in [0.15, 0.2) is 18.2 Å². The molecule has 2 aliphatic carbocycles. The van der Waals surface area contributed by atoms with Crippen LogP contribution < -0.4 is 4.31 Å². The van der Waals surface area contributed by atoms with Crippen molar-refractivity contribution in [3.8, 4) is 0 Å². The van der Waals surface area contributed by atoms with Crippen molar-refractivity contribution in [1.29, 1.82) is 0 Å². The summed E-state index contributed by atoms with van der Waals surface area (Å²) in [7, 11) is -3.70. The fraction of sp³-hybridized carbons (Fsp3) is 0.650. The Labute approximate surface area is 154 Å². The number of hydrogen-bond acceptors (Lipinski definition) is 3. The minimum atomic E-state index is -3.70. The van der Waals surface area contributed by atoms with E-state index in [2.05, 4.69) is 0 Å². The van der Waals surface area contributed by atoms with Crippen LogP contribution in [0.25, 0.3) is 0 Å². The van der Waals surface area contributed by atoms with Crippen LogP contribution in [-0.2, 0) is 21.2 Å². The first-order valence-corrected chi connectivity index (χ1v) is 11.0. The lowest BCUT2D eigenvalue weighted by molar-refractivity contribution is -0.128. The van der Waals surface area contributed by atoms with Crippen molar-refractivity contribution < 1.29 is 17.6 Å². The zero-order valence-electron chi connectivity index (χ0n) is 15.6. The third-order valence-electron chi connectivity index (χ3n) is 7.38. The zero-order chi connectivity index (χ0) is 18.9. The molecule has 4 rings (SSSR count). The lowest BCUT2D eigenvalue weighted by Gasteiger charge is -2.41. The van der Waals surface area contributed by atoms with E-state index in [0.29, 0.717) is 31.4 Å². The SMILES string of the molecule is C[C@H]1CCc2cc(F)ccc2N1S(=O)(=O)C[C@]12CC[C@@H](CC1=O)C2(C)C. The first-order chi connectivity index (χ1) is 12.1. The highest BCUT2D eigenvalue weighted by Gasteiger charge is 2.65. The average molecular weight is 379 g/mol. The fourth-order valence-electron chi connectivity index (χ4n) is 5.60. The van der Waals surface area contributed by atoms with Crippen LogP contribution >= 0.6 is 0 Å². The molecule has 1 aromatic rings. The van der Waals surface area contributed by atoms with Gasteiger partial charge in [-0.15, -0.1) is 0 Å². The number of fused-ring (bicyclic) bond motifs is 3. The minimum Gasteiger partial charge on any atom is -0.299 e. The van der Waals surface area contributed by atoms with Crippen molar-refractivity contribution in [3.63, 3.8) is 0 Å². The van der Waals surface area contributed by atoms with E-state index in [1.54, 1.807) is 6.07 Å². The number of carbonyl (C=O) groups is 1. The molecule has 2 bridgehead atoms. The van der Waals surface area contributed by atoms with Crippen molar-refractivity contribution in [1.82, 2.24) is 0 Å². The second-order valence-electron chi connectivity index (χ2n) is 8.88. The largest absolute Gasteiger partial charge is 0.299 e. The topological polar surface area (TPSA) is 54.5 Å². The van der Waals surface area contributed by atoms with Crippen LogP contribution in [0.5, 0.6) is 0 Å². The summed E-state index contributed by atoms with van der Waals surface area (Å²) in [5.74, 6) is -0.0969. The molecule has 6 heteroatoms. The standard InChI is InChI=1S/C20H26FNO3S/c1-13-4-5-14-10-16(21)6-7-17(14)22(13)26(24,25)12-20-9-8-15(11-18(20)23)19(20,2)3/h6-7,10,13,15H,4-5,8-9,11-12H2,1-3H3/t13-,15-,20+/m0/s1. The van der Waals surface area contributed by atoms with Gasteiger partial charge in [0, 0.05) is 12.5 Å². The Kier molecular flexibility index (Phi) is 3.82. The summed E-state index contributed by atoms with van der Waals surface area (Å²) < 4.78 is 42.0. The highest BCUT2D eigenvalue weighted by Crippen LogP contribution is 2.64. The number of ketones is 1. The van der Waals surface area contributed by atoms with Crippen LogP contribution in [-0.4, -0.2) is 26.0 Å². The predicted molar refractivity (Wildman–Crippen MR) is 99.0 cm³/mol. The van der Waals surface area contributed by atoms with Crippen molar-refractivity contribution in [2.24, 2.45) is 16.7 Å². The van der Waals surface area contributed by atoms with Gasteiger partial charge in [0.2, 0.25) is 10.0 Å². The molecular weight excluding hydrogens is 353 g/mol. The number of anilines is 1. The van der Waals surface area contributed by atoms with E-state index in [1.807, 2.05) is 20.8 Å².